The third kappa shape index (κ3) is 2.58. The number of ether oxygens (including phenoxy) is 1. The maximum Gasteiger partial charge on any atom is 0.417 e. The summed E-state index contributed by atoms with van der Waals surface area (Å²) in [6, 6.07) is 6.63. The van der Waals surface area contributed by atoms with Crippen LogP contribution in [0.1, 0.15) is 17.2 Å². The summed E-state index contributed by atoms with van der Waals surface area (Å²) in [5, 5.41) is 3.12. The molecule has 0 fully saturated rings. The highest BCUT2D eigenvalue weighted by molar-refractivity contribution is 5.66. The Morgan fingerprint density at radius 1 is 1.19 bits per heavy atom. The lowest BCUT2D eigenvalue weighted by Crippen LogP contribution is -2.17. The zero-order valence-electron chi connectivity index (χ0n) is 11.2. The van der Waals surface area contributed by atoms with Crippen molar-refractivity contribution in [1.82, 2.24) is 10.3 Å². The van der Waals surface area contributed by atoms with Crippen molar-refractivity contribution >= 4 is 0 Å². The van der Waals surface area contributed by atoms with E-state index in [1.165, 1.54) is 6.20 Å². The molecule has 3 nitrogen and oxygen atoms in total. The van der Waals surface area contributed by atoms with E-state index in [-0.39, 0.29) is 6.04 Å². The Labute approximate surface area is 119 Å². The van der Waals surface area contributed by atoms with Gasteiger partial charge in [-0.15, -0.1) is 0 Å². The van der Waals surface area contributed by atoms with E-state index in [1.807, 2.05) is 13.1 Å². The molecule has 1 aliphatic heterocycles. The molecule has 0 amide bonds. The van der Waals surface area contributed by atoms with Crippen LogP contribution in [-0.4, -0.2) is 18.6 Å². The maximum absolute atomic E-state index is 12.7. The van der Waals surface area contributed by atoms with Crippen molar-refractivity contribution in [2.45, 2.75) is 12.2 Å². The van der Waals surface area contributed by atoms with Gasteiger partial charge in [-0.3, -0.25) is 4.98 Å². The highest BCUT2D eigenvalue weighted by Crippen LogP contribution is 2.37. The third-order valence-electron chi connectivity index (χ3n) is 3.54. The Bertz CT molecular complexity index is 670. The van der Waals surface area contributed by atoms with Gasteiger partial charge in [-0.2, -0.15) is 13.2 Å². The maximum atomic E-state index is 12.7. The number of nitrogens with one attached hydrogen (secondary N) is 1. The molecule has 3 rings (SSSR count). The minimum absolute atomic E-state index is 0.119. The van der Waals surface area contributed by atoms with E-state index in [0.29, 0.717) is 23.5 Å². The minimum Gasteiger partial charge on any atom is -0.491 e. The highest BCUT2D eigenvalue weighted by atomic mass is 19.4. The standard InChI is InChI=1S/C15H13F3N2O/c1-19-13-8-21-14-5-9(2-3-12(13)14)10-4-11(7-20-6-10)15(16,17)18/h2-7,13,19H,8H2,1H3/t13-/m1/s1. The van der Waals surface area contributed by atoms with E-state index in [4.69, 9.17) is 4.74 Å². The summed E-state index contributed by atoms with van der Waals surface area (Å²) in [7, 11) is 1.84. The summed E-state index contributed by atoms with van der Waals surface area (Å²) in [6.45, 7) is 0.524. The van der Waals surface area contributed by atoms with E-state index in [0.717, 1.165) is 17.8 Å². The van der Waals surface area contributed by atoms with Gasteiger partial charge >= 0.3 is 6.18 Å². The minimum atomic E-state index is -4.40. The van der Waals surface area contributed by atoms with Gasteiger partial charge in [0.15, 0.2) is 0 Å². The fourth-order valence-electron chi connectivity index (χ4n) is 2.38. The molecule has 0 bridgehead atoms. The number of likely N-dealkylation sites (N-methyl/N-ethyl adjacent to an activating group) is 1. The molecule has 110 valence electrons. The average molecular weight is 294 g/mol. The Kier molecular flexibility index (Phi) is 3.33. The van der Waals surface area contributed by atoms with E-state index in [1.54, 1.807) is 12.1 Å². The second-order valence-electron chi connectivity index (χ2n) is 4.86. The molecule has 1 N–H and O–H groups in total. The van der Waals surface area contributed by atoms with Crippen LogP contribution in [0.25, 0.3) is 11.1 Å². The van der Waals surface area contributed by atoms with Crippen molar-refractivity contribution in [1.29, 1.82) is 0 Å². The van der Waals surface area contributed by atoms with Crippen molar-refractivity contribution in [2.75, 3.05) is 13.7 Å². The van der Waals surface area contributed by atoms with Crippen LogP contribution in [0.15, 0.2) is 36.7 Å². The first-order valence-electron chi connectivity index (χ1n) is 6.45. The molecule has 1 aliphatic rings. The number of aromatic nitrogens is 1. The van der Waals surface area contributed by atoms with Crippen molar-refractivity contribution in [3.8, 4) is 16.9 Å². The molecule has 1 aromatic heterocycles. The number of alkyl halides is 3. The van der Waals surface area contributed by atoms with Gasteiger partial charge in [-0.1, -0.05) is 12.1 Å². The van der Waals surface area contributed by atoms with Crippen LogP contribution in [0.2, 0.25) is 0 Å². The van der Waals surface area contributed by atoms with Crippen LogP contribution in [0.3, 0.4) is 0 Å². The number of hydrogen-bond acceptors (Lipinski definition) is 3. The van der Waals surface area contributed by atoms with E-state index >= 15 is 0 Å². The van der Waals surface area contributed by atoms with Crippen LogP contribution in [0, 0.1) is 0 Å². The second kappa shape index (κ2) is 5.04. The number of hydrogen-bond donors (Lipinski definition) is 1. The van der Waals surface area contributed by atoms with Gasteiger partial charge in [0.05, 0.1) is 11.6 Å². The molecule has 1 atom stereocenters. The normalized spacial score (nSPS) is 17.4. The Balaban J connectivity index is 1.99. The second-order valence-corrected chi connectivity index (χ2v) is 4.86. The quantitative estimate of drug-likeness (QED) is 0.921. The zero-order valence-corrected chi connectivity index (χ0v) is 11.2. The molecule has 0 saturated heterocycles. The number of rotatable bonds is 2. The van der Waals surface area contributed by atoms with Crippen LogP contribution in [0.4, 0.5) is 13.2 Å². The van der Waals surface area contributed by atoms with Gasteiger partial charge in [-0.25, -0.2) is 0 Å². The molecule has 21 heavy (non-hydrogen) atoms. The summed E-state index contributed by atoms with van der Waals surface area (Å²) >= 11 is 0. The number of halogens is 3. The van der Waals surface area contributed by atoms with Gasteiger partial charge in [0.2, 0.25) is 0 Å². The molecule has 0 spiro atoms. The van der Waals surface area contributed by atoms with E-state index < -0.39 is 11.7 Å². The molecule has 6 heteroatoms. The molecule has 1 aromatic carbocycles. The molecule has 0 unspecified atom stereocenters. The Hall–Kier alpha value is -2.08. The number of nitrogens with zero attached hydrogens (tertiary/aromatic N) is 1. The fourth-order valence-corrected chi connectivity index (χ4v) is 2.38. The van der Waals surface area contributed by atoms with Gasteiger partial charge < -0.3 is 10.1 Å². The first-order valence-corrected chi connectivity index (χ1v) is 6.45. The molecule has 2 aromatic rings. The first-order chi connectivity index (χ1) is 9.99. The average Bonchev–Trinajstić information content (AvgIpc) is 2.88. The summed E-state index contributed by atoms with van der Waals surface area (Å²) in [6.07, 6.45) is -2.15. The summed E-state index contributed by atoms with van der Waals surface area (Å²) in [4.78, 5) is 3.68. The predicted molar refractivity (Wildman–Crippen MR) is 72.0 cm³/mol. The largest absolute Gasteiger partial charge is 0.491 e. The van der Waals surface area contributed by atoms with Crippen molar-refractivity contribution in [3.05, 3.63) is 47.8 Å². The number of fused-ring (bicyclic) bond motifs is 1. The van der Waals surface area contributed by atoms with Crippen LogP contribution in [-0.2, 0) is 6.18 Å². The van der Waals surface area contributed by atoms with Crippen molar-refractivity contribution in [2.24, 2.45) is 0 Å². The lowest BCUT2D eigenvalue weighted by molar-refractivity contribution is -0.137. The SMILES string of the molecule is CN[C@@H]1COc2cc(-c3cncc(C(F)(F)F)c3)ccc21. The fraction of sp³-hybridized carbons (Fsp3) is 0.267. The number of benzene rings is 1. The van der Waals surface area contributed by atoms with Gasteiger partial charge in [0.25, 0.3) is 0 Å². The Morgan fingerprint density at radius 2 is 2.00 bits per heavy atom. The van der Waals surface area contributed by atoms with Crippen LogP contribution < -0.4 is 10.1 Å². The van der Waals surface area contributed by atoms with E-state index in [2.05, 4.69) is 10.3 Å². The Morgan fingerprint density at radius 3 is 2.71 bits per heavy atom. The summed E-state index contributed by atoms with van der Waals surface area (Å²) in [5.41, 5.74) is 1.34. The summed E-state index contributed by atoms with van der Waals surface area (Å²) < 4.78 is 43.7. The third-order valence-corrected chi connectivity index (χ3v) is 3.54. The number of pyridine rings is 1. The van der Waals surface area contributed by atoms with Gasteiger partial charge in [-0.05, 0) is 24.7 Å². The van der Waals surface area contributed by atoms with Gasteiger partial charge in [0, 0.05) is 23.5 Å². The molecule has 0 aliphatic carbocycles. The van der Waals surface area contributed by atoms with Crippen molar-refractivity contribution < 1.29 is 17.9 Å². The lowest BCUT2D eigenvalue weighted by atomic mass is 10.0. The van der Waals surface area contributed by atoms with Crippen LogP contribution >= 0.6 is 0 Å². The molecule has 0 saturated carbocycles. The topological polar surface area (TPSA) is 34.1 Å². The molecular formula is C15H13F3N2O. The predicted octanol–water partition coefficient (Wildman–Crippen LogP) is 3.42. The lowest BCUT2D eigenvalue weighted by Gasteiger charge is -2.10. The first kappa shape index (κ1) is 13.9. The van der Waals surface area contributed by atoms with Gasteiger partial charge in [0.1, 0.15) is 12.4 Å². The molecular weight excluding hydrogens is 281 g/mol. The highest BCUT2D eigenvalue weighted by Gasteiger charge is 2.31. The van der Waals surface area contributed by atoms with Crippen molar-refractivity contribution in [3.63, 3.8) is 0 Å². The monoisotopic (exact) mass is 294 g/mol. The summed E-state index contributed by atoms with van der Waals surface area (Å²) in [5.74, 6) is 0.698. The van der Waals surface area contributed by atoms with E-state index in [9.17, 15) is 13.2 Å². The molecule has 0 radical (unpaired) electrons. The zero-order chi connectivity index (χ0) is 15.0. The van der Waals surface area contributed by atoms with Crippen LogP contribution in [0.5, 0.6) is 5.75 Å². The smallest absolute Gasteiger partial charge is 0.417 e. The molecule has 2 heterocycles.